The predicted octanol–water partition coefficient (Wildman–Crippen LogP) is 4.63. The number of nitrogens with zero attached hydrogens (tertiary/aromatic N) is 2. The molecule has 1 aromatic heterocycles. The molecule has 2 rings (SSSR count). The highest BCUT2D eigenvalue weighted by molar-refractivity contribution is 9.10. The van der Waals surface area contributed by atoms with Crippen molar-refractivity contribution in [3.05, 3.63) is 38.9 Å². The van der Waals surface area contributed by atoms with Gasteiger partial charge in [-0.2, -0.15) is 0 Å². The third-order valence-electron chi connectivity index (χ3n) is 1.71. The van der Waals surface area contributed by atoms with Gasteiger partial charge in [0.15, 0.2) is 0 Å². The normalized spacial score (nSPS) is 11.1. The van der Waals surface area contributed by atoms with Gasteiger partial charge < -0.3 is 4.48 Å². The number of quaternary nitrogens is 1. The number of hydrogen-bond donors (Lipinski definition) is 0. The van der Waals surface area contributed by atoms with Gasteiger partial charge in [0, 0.05) is 16.1 Å². The van der Waals surface area contributed by atoms with Gasteiger partial charge in [-0.15, -0.1) is 0 Å². The molecule has 0 aliphatic carbocycles. The lowest BCUT2D eigenvalue weighted by molar-refractivity contribution is -0.849. The molecule has 0 bridgehead atoms. The third kappa shape index (κ3) is 5.11. The first-order chi connectivity index (χ1) is 8.18. The summed E-state index contributed by atoms with van der Waals surface area (Å²) in [5, 5.41) is 2.01. The van der Waals surface area contributed by atoms with Crippen molar-refractivity contribution >= 4 is 50.0 Å². The lowest BCUT2D eigenvalue weighted by Gasteiger charge is -2.14. The van der Waals surface area contributed by atoms with E-state index < -0.39 is 0 Å². The van der Waals surface area contributed by atoms with E-state index in [1.54, 1.807) is 12.3 Å². The predicted molar refractivity (Wildman–Crippen MR) is 83.4 cm³/mol. The van der Waals surface area contributed by atoms with Crippen molar-refractivity contribution in [2.45, 2.75) is 0 Å². The minimum atomic E-state index is 0.506. The molecule has 0 saturated heterocycles. The maximum atomic E-state index is 5.97. The van der Waals surface area contributed by atoms with Crippen molar-refractivity contribution in [2.75, 3.05) is 28.2 Å². The van der Waals surface area contributed by atoms with Crippen LogP contribution in [0.3, 0.4) is 0 Å². The zero-order chi connectivity index (χ0) is 13.9. The lowest BCUT2D eigenvalue weighted by Crippen LogP contribution is -2.27. The molecule has 0 aliphatic rings. The Morgan fingerprint density at radius 2 is 1.67 bits per heavy atom. The highest BCUT2D eigenvalue weighted by Crippen LogP contribution is 2.30. The van der Waals surface area contributed by atoms with E-state index in [0.717, 1.165) is 19.9 Å². The maximum absolute atomic E-state index is 5.97. The van der Waals surface area contributed by atoms with Crippen molar-refractivity contribution in [2.24, 2.45) is 0 Å². The first-order valence-electron chi connectivity index (χ1n) is 5.36. The molecule has 0 aliphatic heterocycles. The zero-order valence-electron chi connectivity index (χ0n) is 10.8. The highest BCUT2D eigenvalue weighted by atomic mass is 79.9. The monoisotopic (exact) mass is 349 g/mol. The van der Waals surface area contributed by atoms with Gasteiger partial charge in [-0.25, -0.2) is 0 Å². The van der Waals surface area contributed by atoms with Crippen LogP contribution in [0.5, 0.6) is 0 Å². The first kappa shape index (κ1) is 15.7. The number of benzene rings is 1. The van der Waals surface area contributed by atoms with Gasteiger partial charge in [-0.1, -0.05) is 29.3 Å². The summed E-state index contributed by atoms with van der Waals surface area (Å²) in [6, 6.07) is 5.60. The molecule has 0 unspecified atom stereocenters. The van der Waals surface area contributed by atoms with E-state index in [-0.39, 0.29) is 0 Å². The summed E-state index contributed by atoms with van der Waals surface area (Å²) in [6.07, 6.45) is 1.70. The van der Waals surface area contributed by atoms with E-state index in [0.29, 0.717) is 10.0 Å². The van der Waals surface area contributed by atoms with Crippen LogP contribution in [0.25, 0.3) is 10.9 Å². The van der Waals surface area contributed by atoms with Crippen molar-refractivity contribution in [1.29, 1.82) is 0 Å². The number of halogens is 3. The van der Waals surface area contributed by atoms with E-state index in [2.05, 4.69) is 49.1 Å². The summed E-state index contributed by atoms with van der Waals surface area (Å²) in [5.41, 5.74) is 0.734. The number of rotatable bonds is 0. The fourth-order valence-corrected chi connectivity index (χ4v) is 1.84. The van der Waals surface area contributed by atoms with Gasteiger partial charge in [0.25, 0.3) is 0 Å². The first-order valence-corrected chi connectivity index (χ1v) is 6.91. The number of pyridine rings is 1. The molecule has 0 amide bonds. The van der Waals surface area contributed by atoms with E-state index >= 15 is 0 Å². The Labute approximate surface area is 126 Å². The Morgan fingerprint density at radius 3 is 2.22 bits per heavy atom. The summed E-state index contributed by atoms with van der Waals surface area (Å²) < 4.78 is 1.93. The minimum absolute atomic E-state index is 0.506. The Morgan fingerprint density at radius 1 is 1.11 bits per heavy atom. The smallest absolute Gasteiger partial charge is 0.0904 e. The summed E-state index contributed by atoms with van der Waals surface area (Å²) >= 11 is 15.1. The molecule has 0 spiro atoms. The average molecular weight is 351 g/mol. The zero-order valence-corrected chi connectivity index (χ0v) is 13.9. The summed E-state index contributed by atoms with van der Waals surface area (Å²) in [4.78, 5) is 4.18. The van der Waals surface area contributed by atoms with Crippen LogP contribution in [0.15, 0.2) is 28.9 Å². The molecular formula is C13H16BrCl2N2+. The Bertz CT molecular complexity index is 544. The molecule has 2 nitrogen and oxygen atoms in total. The van der Waals surface area contributed by atoms with Crippen molar-refractivity contribution in [1.82, 2.24) is 4.98 Å². The van der Waals surface area contributed by atoms with Crippen LogP contribution in [-0.2, 0) is 0 Å². The van der Waals surface area contributed by atoms with Crippen LogP contribution >= 0.6 is 39.1 Å². The number of aromatic nitrogens is 1. The van der Waals surface area contributed by atoms with Crippen LogP contribution in [0.4, 0.5) is 0 Å². The minimum Gasteiger partial charge on any atom is -0.333 e. The Balaban J connectivity index is 0.000000280. The fourth-order valence-electron chi connectivity index (χ4n) is 1.11. The summed E-state index contributed by atoms with van der Waals surface area (Å²) in [7, 11) is 8.50. The van der Waals surface area contributed by atoms with Gasteiger partial charge >= 0.3 is 0 Å². The third-order valence-corrected chi connectivity index (χ3v) is 2.94. The number of fused-ring (bicyclic) bond motifs is 1. The second-order valence-electron chi connectivity index (χ2n) is 5.27. The molecule has 2 aromatic rings. The summed E-state index contributed by atoms with van der Waals surface area (Å²) in [6.45, 7) is 0. The Hall–Kier alpha value is -0.350. The fraction of sp³-hybridized carbons (Fsp3) is 0.308. The summed E-state index contributed by atoms with van der Waals surface area (Å²) in [5.74, 6) is 0. The van der Waals surface area contributed by atoms with Gasteiger partial charge in [-0.3, -0.25) is 4.98 Å². The standard InChI is InChI=1S/C9H4BrCl2N.C4H12N/c10-6-3-5-1-2-7(11)8(12)9(5)13-4-6;1-5(2,3)4/h1-4H;1-4H3/q;+1. The van der Waals surface area contributed by atoms with E-state index in [4.69, 9.17) is 23.2 Å². The second-order valence-corrected chi connectivity index (χ2v) is 6.97. The number of hydrogen-bond acceptors (Lipinski definition) is 1. The highest BCUT2D eigenvalue weighted by Gasteiger charge is 2.04. The van der Waals surface area contributed by atoms with Crippen LogP contribution in [0.1, 0.15) is 0 Å². The Kier molecular flexibility index (Phi) is 5.41. The van der Waals surface area contributed by atoms with E-state index in [9.17, 15) is 0 Å². The molecule has 1 heterocycles. The quantitative estimate of drug-likeness (QED) is 0.631. The van der Waals surface area contributed by atoms with E-state index in [1.165, 1.54) is 0 Å². The van der Waals surface area contributed by atoms with Crippen LogP contribution < -0.4 is 0 Å². The van der Waals surface area contributed by atoms with Gasteiger partial charge in [0.1, 0.15) is 0 Å². The molecule has 0 radical (unpaired) electrons. The van der Waals surface area contributed by atoms with Crippen LogP contribution in [0.2, 0.25) is 10.0 Å². The molecule has 0 N–H and O–H groups in total. The SMILES string of the molecule is C[N+](C)(C)C.Clc1ccc2cc(Br)cnc2c1Cl. The topological polar surface area (TPSA) is 12.9 Å². The second kappa shape index (κ2) is 6.20. The van der Waals surface area contributed by atoms with Crippen molar-refractivity contribution in [3.63, 3.8) is 0 Å². The average Bonchev–Trinajstić information content (AvgIpc) is 2.21. The molecule has 0 atom stereocenters. The molecule has 0 saturated carbocycles. The van der Waals surface area contributed by atoms with Crippen LogP contribution in [0, 0.1) is 0 Å². The molecule has 1 aromatic carbocycles. The molecular weight excluding hydrogens is 335 g/mol. The van der Waals surface area contributed by atoms with Gasteiger partial charge in [0.2, 0.25) is 0 Å². The van der Waals surface area contributed by atoms with Gasteiger partial charge in [-0.05, 0) is 28.1 Å². The lowest BCUT2D eigenvalue weighted by atomic mass is 10.2. The molecule has 5 heteroatoms. The molecule has 0 fully saturated rings. The van der Waals surface area contributed by atoms with E-state index in [1.807, 2.05) is 12.1 Å². The largest absolute Gasteiger partial charge is 0.333 e. The van der Waals surface area contributed by atoms with Gasteiger partial charge in [0.05, 0.1) is 43.8 Å². The molecule has 18 heavy (non-hydrogen) atoms. The molecule has 98 valence electrons. The van der Waals surface area contributed by atoms with Crippen molar-refractivity contribution in [3.8, 4) is 0 Å². The maximum Gasteiger partial charge on any atom is 0.0904 e. The van der Waals surface area contributed by atoms with Crippen molar-refractivity contribution < 1.29 is 4.48 Å². The van der Waals surface area contributed by atoms with Crippen LogP contribution in [-0.4, -0.2) is 37.7 Å².